The maximum Gasteiger partial charge on any atom is 0.303 e. The van der Waals surface area contributed by atoms with Crippen LogP contribution in [0.2, 0.25) is 5.15 Å². The van der Waals surface area contributed by atoms with E-state index in [1.54, 1.807) is 12.1 Å². The van der Waals surface area contributed by atoms with Crippen molar-refractivity contribution in [2.75, 3.05) is 7.11 Å². The van der Waals surface area contributed by atoms with Crippen LogP contribution >= 0.6 is 11.6 Å². The van der Waals surface area contributed by atoms with Crippen LogP contribution in [0.1, 0.15) is 18.4 Å². The lowest BCUT2D eigenvalue weighted by Crippen LogP contribution is -1.99. The minimum absolute atomic E-state index is 0.145. The van der Waals surface area contributed by atoms with E-state index in [9.17, 15) is 4.79 Å². The van der Waals surface area contributed by atoms with Crippen LogP contribution in [0, 0.1) is 0 Å². The minimum atomic E-state index is -0.795. The highest BCUT2D eigenvalue weighted by Gasteiger charge is 2.06. The molecule has 0 saturated heterocycles. The van der Waals surface area contributed by atoms with Gasteiger partial charge in [-0.15, -0.1) is 0 Å². The third-order valence-electron chi connectivity index (χ3n) is 1.94. The molecular weight excluding hydrogens is 218 g/mol. The van der Waals surface area contributed by atoms with Crippen LogP contribution in [0.5, 0.6) is 5.88 Å². The molecule has 1 heterocycles. The summed E-state index contributed by atoms with van der Waals surface area (Å²) in [6.45, 7) is 0. The van der Waals surface area contributed by atoms with Crippen molar-refractivity contribution in [2.45, 2.75) is 19.3 Å². The van der Waals surface area contributed by atoms with E-state index in [1.807, 2.05) is 0 Å². The molecule has 0 aliphatic rings. The predicted octanol–water partition coefficient (Wildman–Crippen LogP) is 2.15. The molecule has 15 heavy (non-hydrogen) atoms. The van der Waals surface area contributed by atoms with E-state index in [0.717, 1.165) is 5.56 Å². The molecule has 5 heteroatoms. The molecule has 0 atom stereocenters. The Morgan fingerprint density at radius 2 is 2.33 bits per heavy atom. The zero-order valence-corrected chi connectivity index (χ0v) is 9.12. The first-order chi connectivity index (χ1) is 7.13. The van der Waals surface area contributed by atoms with Crippen molar-refractivity contribution in [1.29, 1.82) is 0 Å². The standard InChI is InChI=1S/C10H12ClNO3/c1-15-10-7(3-2-4-9(13)14)5-6-8(11)12-10/h5-6H,2-4H2,1H3,(H,13,14). The molecule has 1 aromatic heterocycles. The fourth-order valence-electron chi connectivity index (χ4n) is 1.24. The third kappa shape index (κ3) is 3.75. The predicted molar refractivity (Wildman–Crippen MR) is 56.4 cm³/mol. The minimum Gasteiger partial charge on any atom is -0.481 e. The van der Waals surface area contributed by atoms with Crippen molar-refractivity contribution in [1.82, 2.24) is 4.98 Å². The number of aryl methyl sites for hydroxylation is 1. The first-order valence-electron chi connectivity index (χ1n) is 4.54. The summed E-state index contributed by atoms with van der Waals surface area (Å²) < 4.78 is 5.04. The van der Waals surface area contributed by atoms with Crippen LogP contribution in [0.15, 0.2) is 12.1 Å². The summed E-state index contributed by atoms with van der Waals surface area (Å²) in [6, 6.07) is 3.47. The van der Waals surface area contributed by atoms with Gasteiger partial charge in [0.15, 0.2) is 0 Å². The molecule has 0 aromatic carbocycles. The van der Waals surface area contributed by atoms with Crippen LogP contribution in [0.4, 0.5) is 0 Å². The van der Waals surface area contributed by atoms with Gasteiger partial charge >= 0.3 is 5.97 Å². The quantitative estimate of drug-likeness (QED) is 0.786. The molecular formula is C10H12ClNO3. The molecule has 82 valence electrons. The first-order valence-corrected chi connectivity index (χ1v) is 4.92. The van der Waals surface area contributed by atoms with Gasteiger partial charge in [-0.05, 0) is 18.9 Å². The molecule has 0 amide bonds. The lowest BCUT2D eigenvalue weighted by Gasteiger charge is -2.06. The van der Waals surface area contributed by atoms with Gasteiger partial charge in [0.05, 0.1) is 7.11 Å². The van der Waals surface area contributed by atoms with Crippen molar-refractivity contribution >= 4 is 17.6 Å². The first kappa shape index (κ1) is 11.8. The second-order valence-electron chi connectivity index (χ2n) is 3.05. The van der Waals surface area contributed by atoms with Crippen molar-refractivity contribution in [2.24, 2.45) is 0 Å². The van der Waals surface area contributed by atoms with E-state index in [-0.39, 0.29) is 6.42 Å². The lowest BCUT2D eigenvalue weighted by atomic mass is 10.1. The number of aromatic nitrogens is 1. The number of carbonyl (C=O) groups is 1. The number of halogens is 1. The van der Waals surface area contributed by atoms with E-state index >= 15 is 0 Å². The van der Waals surface area contributed by atoms with E-state index in [1.165, 1.54) is 7.11 Å². The number of hydrogen-bond acceptors (Lipinski definition) is 3. The molecule has 1 rings (SSSR count). The molecule has 4 nitrogen and oxygen atoms in total. The van der Waals surface area contributed by atoms with E-state index in [2.05, 4.69) is 4.98 Å². The number of rotatable bonds is 5. The van der Waals surface area contributed by atoms with Gasteiger partial charge in [0, 0.05) is 12.0 Å². The van der Waals surface area contributed by atoms with Crippen LogP contribution in [0.25, 0.3) is 0 Å². The van der Waals surface area contributed by atoms with E-state index in [0.29, 0.717) is 23.9 Å². The van der Waals surface area contributed by atoms with Crippen molar-refractivity contribution in [3.8, 4) is 5.88 Å². The molecule has 0 saturated carbocycles. The summed E-state index contributed by atoms with van der Waals surface area (Å²) in [7, 11) is 1.51. The second kappa shape index (κ2) is 5.56. The van der Waals surface area contributed by atoms with E-state index in [4.69, 9.17) is 21.4 Å². The fraction of sp³-hybridized carbons (Fsp3) is 0.400. The monoisotopic (exact) mass is 229 g/mol. The Morgan fingerprint density at radius 1 is 1.60 bits per heavy atom. The van der Waals surface area contributed by atoms with Gasteiger partial charge in [0.2, 0.25) is 5.88 Å². The Bertz CT molecular complexity index is 355. The smallest absolute Gasteiger partial charge is 0.303 e. The molecule has 1 N–H and O–H groups in total. The highest BCUT2D eigenvalue weighted by molar-refractivity contribution is 6.29. The van der Waals surface area contributed by atoms with Gasteiger partial charge in [-0.3, -0.25) is 4.79 Å². The fourth-order valence-corrected chi connectivity index (χ4v) is 1.38. The van der Waals surface area contributed by atoms with Gasteiger partial charge < -0.3 is 9.84 Å². The second-order valence-corrected chi connectivity index (χ2v) is 3.44. The maximum absolute atomic E-state index is 10.3. The molecule has 0 bridgehead atoms. The molecule has 0 unspecified atom stereocenters. The van der Waals surface area contributed by atoms with Gasteiger partial charge in [-0.2, -0.15) is 0 Å². The number of hydrogen-bond donors (Lipinski definition) is 1. The number of pyridine rings is 1. The third-order valence-corrected chi connectivity index (χ3v) is 2.15. The SMILES string of the molecule is COc1nc(Cl)ccc1CCCC(=O)O. The molecule has 0 aliphatic carbocycles. The number of methoxy groups -OCH3 is 1. The Hall–Kier alpha value is -1.29. The summed E-state index contributed by atoms with van der Waals surface area (Å²) in [6.07, 6.45) is 1.33. The van der Waals surface area contributed by atoms with Crippen LogP contribution < -0.4 is 4.74 Å². The average Bonchev–Trinajstić information content (AvgIpc) is 2.19. The Kier molecular flexibility index (Phi) is 4.37. The molecule has 1 aromatic rings. The van der Waals surface area contributed by atoms with Gasteiger partial charge in [-0.1, -0.05) is 17.7 Å². The summed E-state index contributed by atoms with van der Waals surface area (Å²) in [5, 5.41) is 8.86. The normalized spacial score (nSPS) is 10.0. The van der Waals surface area contributed by atoms with Gasteiger partial charge in [0.25, 0.3) is 0 Å². The molecule has 0 spiro atoms. The summed E-state index contributed by atoms with van der Waals surface area (Å²) in [5.74, 6) is -0.330. The van der Waals surface area contributed by atoms with Crippen molar-refractivity contribution in [3.63, 3.8) is 0 Å². The van der Waals surface area contributed by atoms with E-state index < -0.39 is 5.97 Å². The molecule has 0 aliphatic heterocycles. The Balaban J connectivity index is 2.63. The average molecular weight is 230 g/mol. The largest absolute Gasteiger partial charge is 0.481 e. The number of aliphatic carboxylic acids is 1. The molecule has 0 fully saturated rings. The van der Waals surface area contributed by atoms with Gasteiger partial charge in [-0.25, -0.2) is 4.98 Å². The van der Waals surface area contributed by atoms with Crippen LogP contribution in [-0.2, 0) is 11.2 Å². The van der Waals surface area contributed by atoms with Crippen LogP contribution in [0.3, 0.4) is 0 Å². The zero-order valence-electron chi connectivity index (χ0n) is 8.36. The maximum atomic E-state index is 10.3. The Labute approximate surface area is 92.8 Å². The van der Waals surface area contributed by atoms with Gasteiger partial charge in [0.1, 0.15) is 5.15 Å². The highest BCUT2D eigenvalue weighted by Crippen LogP contribution is 2.20. The summed E-state index contributed by atoms with van der Waals surface area (Å²) in [4.78, 5) is 14.3. The Morgan fingerprint density at radius 3 is 2.93 bits per heavy atom. The number of nitrogens with zero attached hydrogens (tertiary/aromatic N) is 1. The number of carboxylic acids is 1. The summed E-state index contributed by atoms with van der Waals surface area (Å²) >= 11 is 5.69. The van der Waals surface area contributed by atoms with Crippen LogP contribution in [-0.4, -0.2) is 23.2 Å². The lowest BCUT2D eigenvalue weighted by molar-refractivity contribution is -0.137. The molecule has 0 radical (unpaired) electrons. The number of ether oxygens (including phenoxy) is 1. The summed E-state index contributed by atoms with van der Waals surface area (Å²) in [5.41, 5.74) is 0.878. The zero-order chi connectivity index (χ0) is 11.3. The van der Waals surface area contributed by atoms with Crippen molar-refractivity contribution < 1.29 is 14.6 Å². The topological polar surface area (TPSA) is 59.4 Å². The highest BCUT2D eigenvalue weighted by atomic mass is 35.5. The van der Waals surface area contributed by atoms with Crippen molar-refractivity contribution in [3.05, 3.63) is 22.8 Å². The number of carboxylic acid groups (broad SMARTS) is 1.